The normalized spacial score (nSPS) is 13.5. The van der Waals surface area contributed by atoms with Crippen LogP contribution in [-0.2, 0) is 16.6 Å². The van der Waals surface area contributed by atoms with Crippen LogP contribution in [0.2, 0.25) is 10.0 Å². The third-order valence-corrected chi connectivity index (χ3v) is 5.57. The highest BCUT2D eigenvalue weighted by Crippen LogP contribution is 2.29. The Morgan fingerprint density at radius 2 is 1.73 bits per heavy atom. The first-order chi connectivity index (χ1) is 10.3. The second-order valence-corrected chi connectivity index (χ2v) is 7.57. The second-order valence-electron chi connectivity index (χ2n) is 5.11. The molecular formula is C13H16Cl2N4O2S. The van der Waals surface area contributed by atoms with E-state index in [1.54, 1.807) is 6.07 Å². The number of halogens is 2. The number of nitrogens with one attached hydrogen (secondary N) is 1. The molecule has 0 aliphatic heterocycles. The Bertz CT molecular complexity index is 712. The molecule has 0 bridgehead atoms. The fourth-order valence-electron chi connectivity index (χ4n) is 1.90. The van der Waals surface area contributed by atoms with Crippen LogP contribution in [0.3, 0.4) is 0 Å². The van der Waals surface area contributed by atoms with Crippen molar-refractivity contribution in [3.8, 4) is 0 Å². The highest BCUT2D eigenvalue weighted by atomic mass is 35.5. The molecule has 22 heavy (non-hydrogen) atoms. The molecule has 1 heterocycles. The van der Waals surface area contributed by atoms with E-state index in [0.29, 0.717) is 6.54 Å². The van der Waals surface area contributed by atoms with Crippen molar-refractivity contribution < 1.29 is 8.42 Å². The summed E-state index contributed by atoms with van der Waals surface area (Å²) in [5.74, 6) is 0.0297. The van der Waals surface area contributed by atoms with Crippen molar-refractivity contribution in [3.63, 3.8) is 0 Å². The van der Waals surface area contributed by atoms with Gasteiger partial charge in [-0.05, 0) is 18.1 Å². The van der Waals surface area contributed by atoms with E-state index in [1.165, 1.54) is 29.3 Å². The molecule has 1 unspecified atom stereocenters. The number of hydrogen-bond donors (Lipinski definition) is 1. The summed E-state index contributed by atoms with van der Waals surface area (Å²) in [7, 11) is -3.85. The van der Waals surface area contributed by atoms with E-state index >= 15 is 0 Å². The summed E-state index contributed by atoms with van der Waals surface area (Å²) >= 11 is 12.0. The van der Waals surface area contributed by atoms with Crippen LogP contribution in [0, 0.1) is 5.92 Å². The lowest BCUT2D eigenvalue weighted by atomic mass is 10.1. The van der Waals surface area contributed by atoms with Gasteiger partial charge in [0.05, 0.1) is 29.0 Å². The largest absolute Gasteiger partial charge is 0.243 e. The predicted octanol–water partition coefficient (Wildman–Crippen LogP) is 2.59. The number of aromatic nitrogens is 3. The lowest BCUT2D eigenvalue weighted by Gasteiger charge is -2.22. The Balaban J connectivity index is 2.28. The average molecular weight is 363 g/mol. The van der Waals surface area contributed by atoms with Gasteiger partial charge in [0.15, 0.2) is 0 Å². The molecule has 9 heteroatoms. The van der Waals surface area contributed by atoms with Gasteiger partial charge in [0.25, 0.3) is 0 Å². The third-order valence-electron chi connectivity index (χ3n) is 3.13. The molecule has 6 nitrogen and oxygen atoms in total. The van der Waals surface area contributed by atoms with Crippen molar-refractivity contribution in [2.75, 3.05) is 0 Å². The van der Waals surface area contributed by atoms with Crippen LogP contribution in [-0.4, -0.2) is 29.5 Å². The summed E-state index contributed by atoms with van der Waals surface area (Å²) in [5.41, 5.74) is 0. The molecule has 0 saturated carbocycles. The van der Waals surface area contributed by atoms with E-state index < -0.39 is 16.1 Å². The van der Waals surface area contributed by atoms with Crippen LogP contribution in [0.25, 0.3) is 0 Å². The van der Waals surface area contributed by atoms with E-state index in [2.05, 4.69) is 14.9 Å². The van der Waals surface area contributed by atoms with Crippen LogP contribution in [0.15, 0.2) is 35.5 Å². The van der Waals surface area contributed by atoms with Gasteiger partial charge in [0, 0.05) is 6.04 Å². The van der Waals surface area contributed by atoms with Crippen LogP contribution < -0.4 is 4.72 Å². The summed E-state index contributed by atoms with van der Waals surface area (Å²) in [6.45, 7) is 4.13. The number of sulfonamides is 1. The Kier molecular flexibility index (Phi) is 5.44. The van der Waals surface area contributed by atoms with Crippen LogP contribution in [0.4, 0.5) is 0 Å². The van der Waals surface area contributed by atoms with Gasteiger partial charge >= 0.3 is 0 Å². The lowest BCUT2D eigenvalue weighted by Crippen LogP contribution is -2.42. The Hall–Kier alpha value is -1.15. The number of benzene rings is 1. The quantitative estimate of drug-likeness (QED) is 0.856. The summed E-state index contributed by atoms with van der Waals surface area (Å²) < 4.78 is 27.8. The van der Waals surface area contributed by atoms with Gasteiger partial charge in [-0.1, -0.05) is 43.1 Å². The highest BCUT2D eigenvalue weighted by Gasteiger charge is 2.27. The maximum Gasteiger partial charge on any atom is 0.243 e. The summed E-state index contributed by atoms with van der Waals surface area (Å²) in [6.07, 6.45) is 3.08. The van der Waals surface area contributed by atoms with Crippen molar-refractivity contribution >= 4 is 33.2 Å². The molecule has 0 amide bonds. The molecule has 1 aromatic heterocycles. The van der Waals surface area contributed by atoms with Gasteiger partial charge < -0.3 is 0 Å². The molecule has 0 fully saturated rings. The van der Waals surface area contributed by atoms with Gasteiger partial charge in [0.2, 0.25) is 10.0 Å². The zero-order valence-electron chi connectivity index (χ0n) is 12.1. The molecular weight excluding hydrogens is 347 g/mol. The molecule has 2 aromatic rings. The van der Waals surface area contributed by atoms with Crippen LogP contribution in [0.5, 0.6) is 0 Å². The molecule has 0 radical (unpaired) electrons. The predicted molar refractivity (Wildman–Crippen MR) is 85.4 cm³/mol. The van der Waals surface area contributed by atoms with Crippen molar-refractivity contribution in [3.05, 3.63) is 40.6 Å². The van der Waals surface area contributed by atoms with Crippen molar-refractivity contribution in [1.29, 1.82) is 0 Å². The van der Waals surface area contributed by atoms with Gasteiger partial charge in [-0.25, -0.2) is 13.1 Å². The first-order valence-corrected chi connectivity index (χ1v) is 8.85. The van der Waals surface area contributed by atoms with E-state index in [4.69, 9.17) is 23.2 Å². The maximum absolute atomic E-state index is 12.6. The zero-order valence-corrected chi connectivity index (χ0v) is 14.4. The van der Waals surface area contributed by atoms with E-state index in [1.807, 2.05) is 13.8 Å². The van der Waals surface area contributed by atoms with Gasteiger partial charge in [0.1, 0.15) is 4.90 Å². The monoisotopic (exact) mass is 362 g/mol. The van der Waals surface area contributed by atoms with E-state index in [-0.39, 0.29) is 20.9 Å². The standard InChI is InChI=1S/C13H16Cl2N4O2S/c1-9(2)12(8-19-16-6-7-17-19)18-22(20,21)13-10(14)4-3-5-11(13)15/h3-7,9,12,18H,8H2,1-2H3. The first-order valence-electron chi connectivity index (χ1n) is 6.61. The van der Waals surface area contributed by atoms with Crippen LogP contribution in [0.1, 0.15) is 13.8 Å². The molecule has 0 spiro atoms. The van der Waals surface area contributed by atoms with Gasteiger partial charge in [-0.2, -0.15) is 15.0 Å². The van der Waals surface area contributed by atoms with E-state index in [9.17, 15) is 8.42 Å². The Labute approximate surface area is 139 Å². The average Bonchev–Trinajstić information content (AvgIpc) is 2.90. The second kappa shape index (κ2) is 6.95. The first kappa shape index (κ1) is 17.2. The van der Waals surface area contributed by atoms with E-state index in [0.717, 1.165) is 0 Å². The number of rotatable bonds is 6. The SMILES string of the molecule is CC(C)C(Cn1nccn1)NS(=O)(=O)c1c(Cl)cccc1Cl. The highest BCUT2D eigenvalue weighted by molar-refractivity contribution is 7.89. The zero-order chi connectivity index (χ0) is 16.3. The molecule has 0 aliphatic rings. The van der Waals surface area contributed by atoms with Crippen molar-refractivity contribution in [2.24, 2.45) is 5.92 Å². The fourth-order valence-corrected chi connectivity index (χ4v) is 4.41. The van der Waals surface area contributed by atoms with Crippen LogP contribution >= 0.6 is 23.2 Å². The summed E-state index contributed by atoms with van der Waals surface area (Å²) in [4.78, 5) is 1.32. The van der Waals surface area contributed by atoms with Crippen molar-refractivity contribution in [2.45, 2.75) is 31.3 Å². The topological polar surface area (TPSA) is 76.9 Å². The molecule has 1 atom stereocenters. The Morgan fingerprint density at radius 1 is 1.18 bits per heavy atom. The molecule has 1 aromatic carbocycles. The third kappa shape index (κ3) is 3.98. The number of nitrogens with zero attached hydrogens (tertiary/aromatic N) is 3. The smallest absolute Gasteiger partial charge is 0.207 e. The molecule has 2 rings (SSSR count). The number of hydrogen-bond acceptors (Lipinski definition) is 4. The minimum absolute atomic E-state index is 0.0297. The minimum atomic E-state index is -3.85. The molecule has 120 valence electrons. The summed E-state index contributed by atoms with van der Waals surface area (Å²) in [5, 5.41) is 8.16. The van der Waals surface area contributed by atoms with Crippen molar-refractivity contribution in [1.82, 2.24) is 19.7 Å². The van der Waals surface area contributed by atoms with Gasteiger partial charge in [-0.15, -0.1) is 0 Å². The molecule has 0 aliphatic carbocycles. The fraction of sp³-hybridized carbons (Fsp3) is 0.385. The molecule has 0 saturated heterocycles. The Morgan fingerprint density at radius 3 is 2.23 bits per heavy atom. The molecule has 1 N–H and O–H groups in total. The maximum atomic E-state index is 12.6. The van der Waals surface area contributed by atoms with Gasteiger partial charge in [-0.3, -0.25) is 0 Å². The minimum Gasteiger partial charge on any atom is -0.207 e. The lowest BCUT2D eigenvalue weighted by molar-refractivity contribution is 0.361. The summed E-state index contributed by atoms with van der Waals surface area (Å²) in [6, 6.07) is 4.17.